The lowest BCUT2D eigenvalue weighted by atomic mass is 10.2. The van der Waals surface area contributed by atoms with Gasteiger partial charge in [0.25, 0.3) is 0 Å². The zero-order valence-corrected chi connectivity index (χ0v) is 14.0. The Morgan fingerprint density at radius 1 is 1.16 bits per heavy atom. The molecule has 0 unspecified atom stereocenters. The number of nitrogens with one attached hydrogen (secondary N) is 1. The number of amides is 1. The zero-order chi connectivity index (χ0) is 17.6. The number of rotatable bonds is 6. The number of pyridine rings is 1. The monoisotopic (exact) mass is 343 g/mol. The van der Waals surface area contributed by atoms with Crippen LogP contribution in [0, 0.1) is 5.82 Å². The van der Waals surface area contributed by atoms with Crippen LogP contribution in [0.3, 0.4) is 0 Å². The molecule has 1 amide bonds. The molecule has 1 saturated heterocycles. The van der Waals surface area contributed by atoms with E-state index in [0.29, 0.717) is 11.4 Å². The number of primary amides is 1. The SMILES string of the molecule is NC(=O)c1ccnc(NCCN2CCN(c3ccc(F)cc3)CC2)c1. The molecule has 0 saturated carbocycles. The van der Waals surface area contributed by atoms with Gasteiger partial charge in [-0.15, -0.1) is 0 Å². The van der Waals surface area contributed by atoms with Crippen molar-refractivity contribution in [1.29, 1.82) is 0 Å². The van der Waals surface area contributed by atoms with Crippen molar-refractivity contribution < 1.29 is 9.18 Å². The lowest BCUT2D eigenvalue weighted by molar-refractivity contribution is 0.1000. The van der Waals surface area contributed by atoms with Crippen molar-refractivity contribution in [1.82, 2.24) is 9.88 Å². The number of nitrogens with zero attached hydrogens (tertiary/aromatic N) is 3. The van der Waals surface area contributed by atoms with Gasteiger partial charge in [-0.25, -0.2) is 9.37 Å². The van der Waals surface area contributed by atoms with Gasteiger partial charge in [-0.05, 0) is 36.4 Å². The number of nitrogens with two attached hydrogens (primary N) is 1. The summed E-state index contributed by atoms with van der Waals surface area (Å²) in [5.74, 6) is -0.00825. The number of carbonyl (C=O) groups excluding carboxylic acids is 1. The third-order valence-electron chi connectivity index (χ3n) is 4.34. The summed E-state index contributed by atoms with van der Waals surface area (Å²) in [6, 6.07) is 9.91. The van der Waals surface area contributed by atoms with E-state index in [1.807, 2.05) is 12.1 Å². The summed E-state index contributed by atoms with van der Waals surface area (Å²) >= 11 is 0. The fourth-order valence-corrected chi connectivity index (χ4v) is 2.90. The van der Waals surface area contributed by atoms with Crippen LogP contribution in [0.15, 0.2) is 42.6 Å². The summed E-state index contributed by atoms with van der Waals surface area (Å²) < 4.78 is 13.0. The van der Waals surface area contributed by atoms with Crippen molar-refractivity contribution in [3.05, 3.63) is 54.0 Å². The molecule has 1 aromatic carbocycles. The van der Waals surface area contributed by atoms with Gasteiger partial charge in [0.05, 0.1) is 0 Å². The maximum atomic E-state index is 13.0. The Labute approximate surface area is 146 Å². The molecule has 1 aromatic heterocycles. The highest BCUT2D eigenvalue weighted by Gasteiger charge is 2.16. The van der Waals surface area contributed by atoms with E-state index in [9.17, 15) is 9.18 Å². The predicted octanol–water partition coefficient (Wildman–Crippen LogP) is 1.55. The Balaban J connectivity index is 1.43. The molecule has 7 heteroatoms. The van der Waals surface area contributed by atoms with E-state index in [2.05, 4.69) is 20.1 Å². The van der Waals surface area contributed by atoms with Gasteiger partial charge in [-0.3, -0.25) is 9.69 Å². The molecule has 0 bridgehead atoms. The fraction of sp³-hybridized carbons (Fsp3) is 0.333. The number of benzene rings is 1. The highest BCUT2D eigenvalue weighted by atomic mass is 19.1. The minimum absolute atomic E-state index is 0.206. The average molecular weight is 343 g/mol. The molecule has 2 aromatic rings. The summed E-state index contributed by atoms with van der Waals surface area (Å²) in [4.78, 5) is 20.0. The average Bonchev–Trinajstić information content (AvgIpc) is 2.63. The van der Waals surface area contributed by atoms with Crippen LogP contribution < -0.4 is 16.0 Å². The highest BCUT2D eigenvalue weighted by Crippen LogP contribution is 2.16. The van der Waals surface area contributed by atoms with E-state index < -0.39 is 5.91 Å². The second-order valence-electron chi connectivity index (χ2n) is 6.03. The van der Waals surface area contributed by atoms with Crippen molar-refractivity contribution in [2.75, 3.05) is 49.5 Å². The molecular weight excluding hydrogens is 321 g/mol. The molecule has 2 heterocycles. The van der Waals surface area contributed by atoms with Crippen molar-refractivity contribution in [3.63, 3.8) is 0 Å². The molecule has 1 aliphatic heterocycles. The lowest BCUT2D eigenvalue weighted by Crippen LogP contribution is -2.47. The number of anilines is 2. The smallest absolute Gasteiger partial charge is 0.248 e. The van der Waals surface area contributed by atoms with Crippen LogP contribution >= 0.6 is 0 Å². The quantitative estimate of drug-likeness (QED) is 0.832. The van der Waals surface area contributed by atoms with E-state index in [0.717, 1.165) is 45.0 Å². The number of aromatic nitrogens is 1. The first-order valence-corrected chi connectivity index (χ1v) is 8.34. The number of carbonyl (C=O) groups is 1. The summed E-state index contributed by atoms with van der Waals surface area (Å²) in [5.41, 5.74) is 6.78. The number of hydrogen-bond acceptors (Lipinski definition) is 5. The second kappa shape index (κ2) is 7.94. The Hall–Kier alpha value is -2.67. The molecule has 0 atom stereocenters. The van der Waals surface area contributed by atoms with Crippen LogP contribution in [0.4, 0.5) is 15.9 Å². The molecular formula is C18H22FN5O. The van der Waals surface area contributed by atoms with Gasteiger partial charge in [0, 0.05) is 56.7 Å². The largest absolute Gasteiger partial charge is 0.369 e. The first kappa shape index (κ1) is 17.2. The molecule has 0 aliphatic carbocycles. The van der Waals surface area contributed by atoms with Crippen LogP contribution in [0.25, 0.3) is 0 Å². The number of halogens is 1. The molecule has 3 rings (SSSR count). The number of piperazine rings is 1. The molecule has 25 heavy (non-hydrogen) atoms. The summed E-state index contributed by atoms with van der Waals surface area (Å²) in [6.45, 7) is 5.37. The molecule has 1 aliphatic rings. The van der Waals surface area contributed by atoms with E-state index in [1.54, 1.807) is 18.3 Å². The molecule has 1 fully saturated rings. The van der Waals surface area contributed by atoms with Gasteiger partial charge in [0.1, 0.15) is 11.6 Å². The summed E-state index contributed by atoms with van der Waals surface area (Å²) in [6.07, 6.45) is 1.57. The maximum absolute atomic E-state index is 13.0. The molecule has 3 N–H and O–H groups in total. The van der Waals surface area contributed by atoms with Gasteiger partial charge in [0.15, 0.2) is 0 Å². The van der Waals surface area contributed by atoms with Crippen LogP contribution in [0.2, 0.25) is 0 Å². The van der Waals surface area contributed by atoms with Gasteiger partial charge < -0.3 is 16.0 Å². The van der Waals surface area contributed by atoms with E-state index >= 15 is 0 Å². The Morgan fingerprint density at radius 3 is 2.56 bits per heavy atom. The number of hydrogen-bond donors (Lipinski definition) is 2. The van der Waals surface area contributed by atoms with E-state index in [-0.39, 0.29) is 5.82 Å². The van der Waals surface area contributed by atoms with Crippen molar-refractivity contribution in [2.24, 2.45) is 5.73 Å². The van der Waals surface area contributed by atoms with Crippen molar-refractivity contribution >= 4 is 17.4 Å². The van der Waals surface area contributed by atoms with Gasteiger partial charge in [-0.2, -0.15) is 0 Å². The molecule has 6 nitrogen and oxygen atoms in total. The van der Waals surface area contributed by atoms with Crippen molar-refractivity contribution in [2.45, 2.75) is 0 Å². The topological polar surface area (TPSA) is 74.5 Å². The third-order valence-corrected chi connectivity index (χ3v) is 4.34. The predicted molar refractivity (Wildman–Crippen MR) is 96.3 cm³/mol. The standard InChI is InChI=1S/C18H22FN5O/c19-15-1-3-16(4-2-15)24-11-9-23(10-12-24)8-7-22-17-13-14(18(20)25)5-6-21-17/h1-6,13H,7-12H2,(H2,20,25)(H,21,22). The summed E-state index contributed by atoms with van der Waals surface area (Å²) in [7, 11) is 0. The zero-order valence-electron chi connectivity index (χ0n) is 14.0. The first-order valence-electron chi connectivity index (χ1n) is 8.34. The third kappa shape index (κ3) is 4.67. The highest BCUT2D eigenvalue weighted by molar-refractivity contribution is 5.93. The Morgan fingerprint density at radius 2 is 1.88 bits per heavy atom. The Bertz CT molecular complexity index is 714. The normalized spacial score (nSPS) is 15.2. The van der Waals surface area contributed by atoms with Crippen LogP contribution in [0.1, 0.15) is 10.4 Å². The Kier molecular flexibility index (Phi) is 5.45. The minimum atomic E-state index is -0.456. The molecule has 132 valence electrons. The fourth-order valence-electron chi connectivity index (χ4n) is 2.90. The summed E-state index contributed by atoms with van der Waals surface area (Å²) in [5, 5.41) is 3.22. The van der Waals surface area contributed by atoms with E-state index in [4.69, 9.17) is 5.73 Å². The van der Waals surface area contributed by atoms with Crippen LogP contribution in [-0.4, -0.2) is 55.1 Å². The molecule has 0 radical (unpaired) electrons. The van der Waals surface area contributed by atoms with Crippen LogP contribution in [-0.2, 0) is 0 Å². The lowest BCUT2D eigenvalue weighted by Gasteiger charge is -2.36. The molecule has 0 spiro atoms. The first-order chi connectivity index (χ1) is 12.1. The van der Waals surface area contributed by atoms with Gasteiger partial charge in [-0.1, -0.05) is 0 Å². The van der Waals surface area contributed by atoms with Gasteiger partial charge >= 0.3 is 0 Å². The van der Waals surface area contributed by atoms with E-state index in [1.165, 1.54) is 12.1 Å². The van der Waals surface area contributed by atoms with Gasteiger partial charge in [0.2, 0.25) is 5.91 Å². The van der Waals surface area contributed by atoms with Crippen LogP contribution in [0.5, 0.6) is 0 Å². The second-order valence-corrected chi connectivity index (χ2v) is 6.03. The van der Waals surface area contributed by atoms with Crippen molar-refractivity contribution in [3.8, 4) is 0 Å². The maximum Gasteiger partial charge on any atom is 0.248 e. The minimum Gasteiger partial charge on any atom is -0.369 e.